The molecule has 0 fully saturated rings. The van der Waals surface area contributed by atoms with Gasteiger partial charge in [-0.1, -0.05) is 109 Å². The van der Waals surface area contributed by atoms with Gasteiger partial charge >= 0.3 is 0 Å². The Bertz CT molecular complexity index is 1710. The number of carbonyl (C=O) groups is 1. The van der Waals surface area contributed by atoms with Crippen LogP contribution in [-0.2, 0) is 0 Å². The van der Waals surface area contributed by atoms with Crippen LogP contribution in [0.25, 0.3) is 27.8 Å². The number of hydrogen-bond acceptors (Lipinski definition) is 2. The summed E-state index contributed by atoms with van der Waals surface area (Å²) in [6.07, 6.45) is 6.21. The summed E-state index contributed by atoms with van der Waals surface area (Å²) in [5.41, 5.74) is 11.1. The van der Waals surface area contributed by atoms with Gasteiger partial charge in [0.1, 0.15) is 0 Å². The van der Waals surface area contributed by atoms with Crippen molar-refractivity contribution >= 4 is 28.4 Å². The van der Waals surface area contributed by atoms with Crippen LogP contribution in [0.2, 0.25) is 0 Å². The van der Waals surface area contributed by atoms with Crippen LogP contribution in [0.3, 0.4) is 0 Å². The molecule has 0 radical (unpaired) electrons. The molecule has 0 aliphatic heterocycles. The van der Waals surface area contributed by atoms with Gasteiger partial charge < -0.3 is 4.90 Å². The standard InChI is InChI=1S/C37H29NO/c1-3-4-11-26(2)27-18-22-30(23-19-27)38(31-24-20-29(21-25-31)28-12-6-5-7-13-28)35-17-10-16-33-32-14-8-9-15-34(32)37(39)36(33)35/h3-25H,1-2H3. The summed E-state index contributed by atoms with van der Waals surface area (Å²) in [6.45, 7) is 4.14. The lowest BCUT2D eigenvalue weighted by Crippen LogP contribution is -2.13. The summed E-state index contributed by atoms with van der Waals surface area (Å²) < 4.78 is 0. The van der Waals surface area contributed by atoms with E-state index in [0.717, 1.165) is 50.4 Å². The van der Waals surface area contributed by atoms with Crippen LogP contribution in [0.5, 0.6) is 0 Å². The van der Waals surface area contributed by atoms with Crippen LogP contribution in [-0.4, -0.2) is 5.78 Å². The Kier molecular flexibility index (Phi) is 6.52. The second-order valence-electron chi connectivity index (χ2n) is 9.75. The molecule has 0 atom stereocenters. The van der Waals surface area contributed by atoms with Crippen LogP contribution < -0.4 is 4.90 Å². The number of rotatable bonds is 6. The first kappa shape index (κ1) is 24.4. The predicted molar refractivity (Wildman–Crippen MR) is 164 cm³/mol. The Morgan fingerprint density at radius 1 is 0.615 bits per heavy atom. The summed E-state index contributed by atoms with van der Waals surface area (Å²) in [5, 5.41) is 0. The average molecular weight is 504 g/mol. The number of anilines is 3. The molecule has 0 amide bonds. The topological polar surface area (TPSA) is 20.3 Å². The molecule has 0 spiro atoms. The number of fused-ring (bicyclic) bond motifs is 3. The van der Waals surface area contributed by atoms with Gasteiger partial charge in [-0.3, -0.25) is 4.79 Å². The van der Waals surface area contributed by atoms with Gasteiger partial charge in [0.15, 0.2) is 5.78 Å². The summed E-state index contributed by atoms with van der Waals surface area (Å²) in [7, 11) is 0. The van der Waals surface area contributed by atoms with E-state index in [4.69, 9.17) is 0 Å². The highest BCUT2D eigenvalue weighted by Crippen LogP contribution is 2.45. The largest absolute Gasteiger partial charge is 0.310 e. The van der Waals surface area contributed by atoms with Gasteiger partial charge in [0, 0.05) is 16.9 Å². The minimum absolute atomic E-state index is 0.0730. The van der Waals surface area contributed by atoms with Crippen LogP contribution in [0.15, 0.2) is 140 Å². The molecule has 0 unspecified atom stereocenters. The maximum absolute atomic E-state index is 13.7. The molecule has 1 aliphatic carbocycles. The van der Waals surface area contributed by atoms with E-state index in [1.807, 2.05) is 49.4 Å². The number of allylic oxidation sites excluding steroid dienone is 4. The van der Waals surface area contributed by atoms with Crippen LogP contribution in [0.4, 0.5) is 17.1 Å². The third-order valence-electron chi connectivity index (χ3n) is 7.32. The summed E-state index contributed by atoms with van der Waals surface area (Å²) in [4.78, 5) is 15.9. The third-order valence-corrected chi connectivity index (χ3v) is 7.32. The van der Waals surface area contributed by atoms with Gasteiger partial charge in [0.05, 0.1) is 11.3 Å². The van der Waals surface area contributed by atoms with E-state index >= 15 is 0 Å². The minimum Gasteiger partial charge on any atom is -0.310 e. The fraction of sp³-hybridized carbons (Fsp3) is 0.0541. The van der Waals surface area contributed by atoms with E-state index in [1.165, 1.54) is 11.1 Å². The Balaban J connectivity index is 1.49. The van der Waals surface area contributed by atoms with E-state index < -0.39 is 0 Å². The second-order valence-corrected chi connectivity index (χ2v) is 9.75. The van der Waals surface area contributed by atoms with Gasteiger partial charge in [-0.15, -0.1) is 0 Å². The van der Waals surface area contributed by atoms with Crippen molar-refractivity contribution in [1.29, 1.82) is 0 Å². The van der Waals surface area contributed by atoms with Crippen molar-refractivity contribution in [2.75, 3.05) is 4.90 Å². The van der Waals surface area contributed by atoms with Crippen LogP contribution in [0, 0.1) is 0 Å². The molecule has 6 rings (SSSR count). The van der Waals surface area contributed by atoms with Gasteiger partial charge in [0.2, 0.25) is 0 Å². The molecule has 188 valence electrons. The summed E-state index contributed by atoms with van der Waals surface area (Å²) >= 11 is 0. The van der Waals surface area contributed by atoms with Crippen molar-refractivity contribution in [3.8, 4) is 22.3 Å². The fourth-order valence-electron chi connectivity index (χ4n) is 5.31. The molecule has 0 saturated carbocycles. The molecule has 5 aromatic rings. The molecule has 39 heavy (non-hydrogen) atoms. The molecule has 1 aliphatic rings. The zero-order chi connectivity index (χ0) is 26.8. The van der Waals surface area contributed by atoms with Crippen LogP contribution in [0.1, 0.15) is 35.3 Å². The maximum atomic E-state index is 13.7. The van der Waals surface area contributed by atoms with E-state index in [9.17, 15) is 4.79 Å². The first-order valence-corrected chi connectivity index (χ1v) is 13.3. The van der Waals surface area contributed by atoms with Crippen molar-refractivity contribution in [3.63, 3.8) is 0 Å². The number of benzene rings is 5. The highest BCUT2D eigenvalue weighted by Gasteiger charge is 2.31. The van der Waals surface area contributed by atoms with Gasteiger partial charge in [-0.25, -0.2) is 0 Å². The van der Waals surface area contributed by atoms with Crippen LogP contribution >= 0.6 is 0 Å². The molecule has 0 aromatic heterocycles. The SMILES string of the molecule is CC=CC=C(C)c1ccc(N(c2ccc(-c3ccccc3)cc2)c2cccc3c2C(=O)c2ccccc2-3)cc1. The molecule has 2 heteroatoms. The highest BCUT2D eigenvalue weighted by atomic mass is 16.1. The van der Waals surface area contributed by atoms with Gasteiger partial charge in [-0.05, 0) is 77.6 Å². The van der Waals surface area contributed by atoms with Crippen molar-refractivity contribution in [2.24, 2.45) is 0 Å². The molecule has 0 saturated heterocycles. The number of ketones is 1. The zero-order valence-electron chi connectivity index (χ0n) is 22.1. The van der Waals surface area contributed by atoms with Crippen molar-refractivity contribution in [3.05, 3.63) is 156 Å². The normalized spacial score (nSPS) is 12.5. The minimum atomic E-state index is 0.0730. The number of nitrogens with zero attached hydrogens (tertiary/aromatic N) is 1. The van der Waals surface area contributed by atoms with Crippen molar-refractivity contribution in [1.82, 2.24) is 0 Å². The van der Waals surface area contributed by atoms with E-state index in [0.29, 0.717) is 0 Å². The number of carbonyl (C=O) groups excluding carboxylic acids is 1. The molecular formula is C37H29NO. The molecule has 0 bridgehead atoms. The molecular weight excluding hydrogens is 474 g/mol. The lowest BCUT2D eigenvalue weighted by atomic mass is 10.0. The Hall–Kier alpha value is -4.95. The quantitative estimate of drug-likeness (QED) is 0.211. The summed E-state index contributed by atoms with van der Waals surface area (Å²) in [6, 6.07) is 41.6. The van der Waals surface area contributed by atoms with Crippen molar-refractivity contribution in [2.45, 2.75) is 13.8 Å². The van der Waals surface area contributed by atoms with Gasteiger partial charge in [-0.2, -0.15) is 0 Å². The van der Waals surface area contributed by atoms with E-state index in [1.54, 1.807) is 0 Å². The maximum Gasteiger partial charge on any atom is 0.196 e. The Morgan fingerprint density at radius 3 is 1.90 bits per heavy atom. The van der Waals surface area contributed by atoms with Gasteiger partial charge in [0.25, 0.3) is 0 Å². The third kappa shape index (κ3) is 4.51. The lowest BCUT2D eigenvalue weighted by molar-refractivity contribution is 0.104. The molecule has 0 heterocycles. The monoisotopic (exact) mass is 503 g/mol. The van der Waals surface area contributed by atoms with E-state index in [-0.39, 0.29) is 5.78 Å². The summed E-state index contributed by atoms with van der Waals surface area (Å²) in [5.74, 6) is 0.0730. The first-order chi connectivity index (χ1) is 19.2. The molecule has 2 nitrogen and oxygen atoms in total. The lowest BCUT2D eigenvalue weighted by Gasteiger charge is -2.27. The Labute approximate surface area is 230 Å². The predicted octanol–water partition coefficient (Wildman–Crippen LogP) is 10.0. The number of hydrogen-bond donors (Lipinski definition) is 0. The van der Waals surface area contributed by atoms with Crippen molar-refractivity contribution < 1.29 is 4.79 Å². The second kappa shape index (κ2) is 10.4. The zero-order valence-corrected chi connectivity index (χ0v) is 22.1. The molecule has 5 aromatic carbocycles. The smallest absolute Gasteiger partial charge is 0.196 e. The Morgan fingerprint density at radius 2 is 1.21 bits per heavy atom. The highest BCUT2D eigenvalue weighted by molar-refractivity contribution is 6.25. The first-order valence-electron chi connectivity index (χ1n) is 13.3. The average Bonchev–Trinajstić information content (AvgIpc) is 3.29. The molecule has 0 N–H and O–H groups in total. The fourth-order valence-corrected chi connectivity index (χ4v) is 5.31. The van der Waals surface area contributed by atoms with E-state index in [2.05, 4.69) is 109 Å².